The Kier molecular flexibility index (Phi) is 5.86. The van der Waals surface area contributed by atoms with E-state index in [2.05, 4.69) is 34.9 Å². The molecule has 0 spiro atoms. The molecule has 3 rings (SSSR count). The van der Waals surface area contributed by atoms with Gasteiger partial charge in [0, 0.05) is 29.8 Å². The van der Waals surface area contributed by atoms with E-state index in [1.807, 2.05) is 13.0 Å². The number of nitro groups is 1. The van der Waals surface area contributed by atoms with Crippen molar-refractivity contribution in [1.29, 1.82) is 0 Å². The van der Waals surface area contributed by atoms with E-state index in [-0.39, 0.29) is 17.0 Å². The van der Waals surface area contributed by atoms with Gasteiger partial charge in [-0.2, -0.15) is 0 Å². The maximum Gasteiger partial charge on any atom is 0.271 e. The van der Waals surface area contributed by atoms with Gasteiger partial charge >= 0.3 is 0 Å². The van der Waals surface area contributed by atoms with Crippen LogP contribution < -0.4 is 10.6 Å². The first-order valence-electron chi connectivity index (χ1n) is 9.34. The molecule has 0 bridgehead atoms. The maximum atomic E-state index is 12.5. The van der Waals surface area contributed by atoms with Gasteiger partial charge < -0.3 is 10.6 Å². The summed E-state index contributed by atoms with van der Waals surface area (Å²) >= 11 is 0. The molecule has 1 unspecified atom stereocenters. The standard InChI is InChI=1S/C21H25N3O3/c1-16(20(25)23-18-10-7-11-19(14-18)24(26)27)22-15-21(12-5-6-13-21)17-8-3-2-4-9-17/h2-4,7-11,14,16,22H,5-6,12-13,15H2,1H3,(H,23,25). The summed E-state index contributed by atoms with van der Waals surface area (Å²) in [6, 6.07) is 16.1. The van der Waals surface area contributed by atoms with Crippen molar-refractivity contribution in [2.45, 2.75) is 44.1 Å². The third-order valence-corrected chi connectivity index (χ3v) is 5.41. The lowest BCUT2D eigenvalue weighted by Gasteiger charge is -2.31. The molecule has 1 aliphatic rings. The minimum absolute atomic E-state index is 0.0394. The smallest absolute Gasteiger partial charge is 0.271 e. The summed E-state index contributed by atoms with van der Waals surface area (Å²) in [6.07, 6.45) is 4.63. The SMILES string of the molecule is CC(NCC1(c2ccccc2)CCCC1)C(=O)Nc1cccc([N+](=O)[O-])c1. The van der Waals surface area contributed by atoms with Crippen LogP contribution in [0.3, 0.4) is 0 Å². The Morgan fingerprint density at radius 3 is 2.52 bits per heavy atom. The van der Waals surface area contributed by atoms with Gasteiger partial charge in [0.05, 0.1) is 11.0 Å². The molecule has 0 aliphatic heterocycles. The van der Waals surface area contributed by atoms with Crippen LogP contribution in [-0.2, 0) is 10.2 Å². The number of anilines is 1. The monoisotopic (exact) mass is 367 g/mol. The van der Waals surface area contributed by atoms with Crippen LogP contribution in [0.5, 0.6) is 0 Å². The second-order valence-electron chi connectivity index (χ2n) is 7.25. The van der Waals surface area contributed by atoms with E-state index in [1.165, 1.54) is 30.5 Å². The van der Waals surface area contributed by atoms with Gasteiger partial charge in [0.2, 0.25) is 5.91 Å². The number of carbonyl (C=O) groups excluding carboxylic acids is 1. The topological polar surface area (TPSA) is 84.3 Å². The number of hydrogen-bond donors (Lipinski definition) is 2. The summed E-state index contributed by atoms with van der Waals surface area (Å²) in [5, 5.41) is 17.0. The number of amides is 1. The molecule has 142 valence electrons. The van der Waals surface area contributed by atoms with E-state index in [9.17, 15) is 14.9 Å². The zero-order valence-electron chi connectivity index (χ0n) is 15.5. The highest BCUT2D eigenvalue weighted by molar-refractivity contribution is 5.94. The van der Waals surface area contributed by atoms with Gasteiger partial charge in [-0.15, -0.1) is 0 Å². The number of nitrogens with zero attached hydrogens (tertiary/aromatic N) is 1. The van der Waals surface area contributed by atoms with Crippen molar-refractivity contribution in [3.63, 3.8) is 0 Å². The van der Waals surface area contributed by atoms with Crippen molar-refractivity contribution < 1.29 is 9.72 Å². The molecule has 1 saturated carbocycles. The van der Waals surface area contributed by atoms with Crippen molar-refractivity contribution in [2.24, 2.45) is 0 Å². The van der Waals surface area contributed by atoms with Crippen LogP contribution in [0.4, 0.5) is 11.4 Å². The predicted octanol–water partition coefficient (Wildman–Crippen LogP) is 4.02. The number of rotatable bonds is 7. The van der Waals surface area contributed by atoms with Crippen LogP contribution in [0.1, 0.15) is 38.2 Å². The largest absolute Gasteiger partial charge is 0.324 e. The summed E-state index contributed by atoms with van der Waals surface area (Å²) in [5.41, 5.74) is 1.78. The fraction of sp³-hybridized carbons (Fsp3) is 0.381. The molecule has 2 aromatic carbocycles. The number of nitro benzene ring substituents is 1. The third kappa shape index (κ3) is 4.52. The van der Waals surface area contributed by atoms with Gasteiger partial charge in [0.15, 0.2) is 0 Å². The summed E-state index contributed by atoms with van der Waals surface area (Å²) in [4.78, 5) is 22.9. The van der Waals surface area contributed by atoms with Crippen LogP contribution in [0.2, 0.25) is 0 Å². The summed E-state index contributed by atoms with van der Waals surface area (Å²) < 4.78 is 0. The number of non-ortho nitro benzene ring substituents is 1. The van der Waals surface area contributed by atoms with Gasteiger partial charge in [-0.3, -0.25) is 14.9 Å². The van der Waals surface area contributed by atoms with Crippen LogP contribution in [0, 0.1) is 10.1 Å². The molecule has 0 saturated heterocycles. The molecule has 0 aromatic heterocycles. The lowest BCUT2D eigenvalue weighted by atomic mass is 9.78. The van der Waals surface area contributed by atoms with Crippen LogP contribution in [0.25, 0.3) is 0 Å². The van der Waals surface area contributed by atoms with Gasteiger partial charge in [-0.25, -0.2) is 0 Å². The Morgan fingerprint density at radius 1 is 1.15 bits per heavy atom. The quantitative estimate of drug-likeness (QED) is 0.572. The Bertz CT molecular complexity index is 801. The lowest BCUT2D eigenvalue weighted by Crippen LogP contribution is -2.45. The molecule has 1 fully saturated rings. The number of benzene rings is 2. The Labute approximate surface area is 159 Å². The van der Waals surface area contributed by atoms with E-state index in [1.54, 1.807) is 12.1 Å². The van der Waals surface area contributed by atoms with Crippen molar-refractivity contribution >= 4 is 17.3 Å². The van der Waals surface area contributed by atoms with E-state index in [4.69, 9.17) is 0 Å². The molecule has 6 heteroatoms. The molecule has 0 heterocycles. The fourth-order valence-electron chi connectivity index (χ4n) is 3.80. The van der Waals surface area contributed by atoms with Crippen molar-refractivity contribution in [1.82, 2.24) is 5.32 Å². The zero-order chi connectivity index (χ0) is 19.3. The second-order valence-corrected chi connectivity index (χ2v) is 7.25. The summed E-state index contributed by atoms with van der Waals surface area (Å²) in [5.74, 6) is -0.197. The Balaban J connectivity index is 1.62. The highest BCUT2D eigenvalue weighted by atomic mass is 16.6. The van der Waals surface area contributed by atoms with Gasteiger partial charge in [-0.05, 0) is 31.4 Å². The van der Waals surface area contributed by atoms with Gasteiger partial charge in [-0.1, -0.05) is 49.2 Å². The summed E-state index contributed by atoms with van der Waals surface area (Å²) in [6.45, 7) is 2.56. The molecule has 0 radical (unpaired) electrons. The van der Waals surface area contributed by atoms with E-state index >= 15 is 0 Å². The number of carbonyl (C=O) groups is 1. The molecule has 6 nitrogen and oxygen atoms in total. The van der Waals surface area contributed by atoms with Crippen molar-refractivity contribution in [3.8, 4) is 0 Å². The van der Waals surface area contributed by atoms with E-state index in [0.717, 1.165) is 19.4 Å². The molecule has 2 N–H and O–H groups in total. The summed E-state index contributed by atoms with van der Waals surface area (Å²) in [7, 11) is 0. The molecule has 27 heavy (non-hydrogen) atoms. The second kappa shape index (κ2) is 8.31. The fourth-order valence-corrected chi connectivity index (χ4v) is 3.80. The zero-order valence-corrected chi connectivity index (χ0v) is 15.5. The minimum atomic E-state index is -0.471. The first-order chi connectivity index (χ1) is 13.0. The van der Waals surface area contributed by atoms with Crippen molar-refractivity contribution in [2.75, 3.05) is 11.9 Å². The van der Waals surface area contributed by atoms with E-state index < -0.39 is 11.0 Å². The number of nitrogens with one attached hydrogen (secondary N) is 2. The average Bonchev–Trinajstić information content (AvgIpc) is 3.17. The van der Waals surface area contributed by atoms with Gasteiger partial charge in [0.1, 0.15) is 0 Å². The minimum Gasteiger partial charge on any atom is -0.324 e. The van der Waals surface area contributed by atoms with E-state index in [0.29, 0.717) is 5.69 Å². The third-order valence-electron chi connectivity index (χ3n) is 5.41. The maximum absolute atomic E-state index is 12.5. The molecule has 1 amide bonds. The average molecular weight is 367 g/mol. The Hall–Kier alpha value is -2.73. The molecular formula is C21H25N3O3. The normalized spacial score (nSPS) is 16.6. The first kappa shape index (κ1) is 19.0. The van der Waals surface area contributed by atoms with Crippen LogP contribution in [-0.4, -0.2) is 23.4 Å². The lowest BCUT2D eigenvalue weighted by molar-refractivity contribution is -0.384. The molecule has 1 atom stereocenters. The van der Waals surface area contributed by atoms with Crippen molar-refractivity contribution in [3.05, 3.63) is 70.3 Å². The van der Waals surface area contributed by atoms with Gasteiger partial charge in [0.25, 0.3) is 5.69 Å². The highest BCUT2D eigenvalue weighted by Gasteiger charge is 2.35. The predicted molar refractivity (Wildman–Crippen MR) is 106 cm³/mol. The Morgan fingerprint density at radius 2 is 1.85 bits per heavy atom. The first-order valence-corrected chi connectivity index (χ1v) is 9.34. The number of hydrogen-bond acceptors (Lipinski definition) is 4. The highest BCUT2D eigenvalue weighted by Crippen LogP contribution is 2.40. The van der Waals surface area contributed by atoms with Crippen LogP contribution in [0.15, 0.2) is 54.6 Å². The molecule has 2 aromatic rings. The van der Waals surface area contributed by atoms with Crippen LogP contribution >= 0.6 is 0 Å². The molecule has 1 aliphatic carbocycles. The molecular weight excluding hydrogens is 342 g/mol.